The Morgan fingerprint density at radius 3 is 0.761 bits per heavy atom. The Bertz CT molecular complexity index is 4150. The number of hydrogen-bond acceptors (Lipinski definition) is 22. The predicted molar refractivity (Wildman–Crippen MR) is 420 cm³/mol. The molecule has 0 amide bonds. The number of carbonyl (C=O) groups excluding carboxylic acids is 6. The monoisotopic (exact) mass is 1510 g/mol. The third kappa shape index (κ3) is 32.1. The normalized spacial score (nSPS) is 10.5. The number of benzene rings is 9. The van der Waals surface area contributed by atoms with Crippen LogP contribution in [0.5, 0.6) is 51.7 Å². The Morgan fingerprint density at radius 2 is 0.514 bits per heavy atom. The maximum atomic E-state index is 12.5. The van der Waals surface area contributed by atoms with E-state index in [1.165, 1.54) is 0 Å². The van der Waals surface area contributed by atoms with E-state index in [1.807, 2.05) is 123 Å². The molecule has 0 saturated heterocycles. The smallest absolute Gasteiger partial charge is 0.343 e. The molecule has 9 rings (SSSR count). The van der Waals surface area contributed by atoms with Crippen molar-refractivity contribution < 1.29 is 105 Å². The zero-order valence-corrected chi connectivity index (χ0v) is 62.6. The second kappa shape index (κ2) is 50.0. The first-order valence-corrected chi connectivity index (χ1v) is 34.3. The Balaban J connectivity index is 0.000000292. The molecule has 0 radical (unpaired) electrons. The predicted octanol–water partition coefficient (Wildman–Crippen LogP) is 15.7. The Morgan fingerprint density at radius 1 is 0.303 bits per heavy atom. The van der Waals surface area contributed by atoms with E-state index in [0.717, 1.165) is 69.2 Å². The summed E-state index contributed by atoms with van der Waals surface area (Å²) < 4.78 is 85.0. The average Bonchev–Trinajstić information content (AvgIpc) is 0.854. The first-order chi connectivity index (χ1) is 52.2. The van der Waals surface area contributed by atoms with Gasteiger partial charge in [-0.3, -0.25) is 4.79 Å². The van der Waals surface area contributed by atoms with Crippen LogP contribution in [-0.4, -0.2) is 150 Å². The van der Waals surface area contributed by atoms with E-state index in [0.29, 0.717) is 117 Å². The van der Waals surface area contributed by atoms with Crippen molar-refractivity contribution in [1.29, 1.82) is 0 Å². The molecule has 0 bridgehead atoms. The van der Waals surface area contributed by atoms with Gasteiger partial charge in [0.1, 0.15) is 91.4 Å². The summed E-state index contributed by atoms with van der Waals surface area (Å²) in [4.78, 5) is 70.8. The number of esters is 6. The van der Waals surface area contributed by atoms with Crippen molar-refractivity contribution in [2.75, 3.05) is 114 Å². The SMILES string of the molecule is C.C=CC(=O)OCCOCCOCCOc1ccc(C(=O)Oc2ccc(-c3ccc(OC)cc3)cc2)cc1.C=CC(=O)OCCOc1ccc(C(=O)Oc2ccc(-c3ccc(OC)cc3)cc2)cc1.CCC(C)C(=O)OCCOCCOCCOc1ccc(C(=O)Oc2ccc(-c3ccc(OC)cc3)cc2)cc1.P. The summed E-state index contributed by atoms with van der Waals surface area (Å²) >= 11 is 0. The number of methoxy groups -OCH3 is 3. The Hall–Kier alpha value is -11.7. The van der Waals surface area contributed by atoms with Crippen LogP contribution in [0, 0.1) is 5.92 Å². The first-order valence-electron chi connectivity index (χ1n) is 34.3. The highest BCUT2D eigenvalue weighted by Crippen LogP contribution is 2.29. The van der Waals surface area contributed by atoms with Crippen molar-refractivity contribution >= 4 is 45.7 Å². The Kier molecular flexibility index (Phi) is 40.4. The molecule has 576 valence electrons. The molecule has 0 fully saturated rings. The first kappa shape index (κ1) is 88.0. The van der Waals surface area contributed by atoms with Crippen LogP contribution >= 0.6 is 9.90 Å². The molecule has 0 aromatic heterocycles. The van der Waals surface area contributed by atoms with E-state index in [1.54, 1.807) is 131 Å². The summed E-state index contributed by atoms with van der Waals surface area (Å²) in [6.45, 7) is 14.8. The van der Waals surface area contributed by atoms with Gasteiger partial charge in [-0.05, 0) is 185 Å². The minimum atomic E-state index is -0.501. The van der Waals surface area contributed by atoms with Gasteiger partial charge in [-0.25, -0.2) is 24.0 Å². The third-order valence-electron chi connectivity index (χ3n) is 15.4. The van der Waals surface area contributed by atoms with Crippen molar-refractivity contribution in [1.82, 2.24) is 0 Å². The molecule has 9 aromatic rings. The van der Waals surface area contributed by atoms with Gasteiger partial charge < -0.3 is 75.8 Å². The summed E-state index contributed by atoms with van der Waals surface area (Å²) in [6, 6.07) is 65.1. The molecule has 2 atom stereocenters. The van der Waals surface area contributed by atoms with Crippen LogP contribution in [0.2, 0.25) is 0 Å². The van der Waals surface area contributed by atoms with Crippen LogP contribution in [0.15, 0.2) is 244 Å². The van der Waals surface area contributed by atoms with Crippen molar-refractivity contribution in [2.45, 2.75) is 27.7 Å². The minimum absolute atomic E-state index is 0. The zero-order chi connectivity index (χ0) is 76.2. The maximum absolute atomic E-state index is 12.5. The molecule has 23 heteroatoms. The van der Waals surface area contributed by atoms with Crippen LogP contribution in [0.4, 0.5) is 0 Å². The molecule has 109 heavy (non-hydrogen) atoms. The summed E-state index contributed by atoms with van der Waals surface area (Å²) in [5.74, 6) is 2.92. The second-order valence-electron chi connectivity index (χ2n) is 22.7. The van der Waals surface area contributed by atoms with E-state index in [2.05, 4.69) is 13.2 Å². The molecule has 0 aliphatic heterocycles. The van der Waals surface area contributed by atoms with Gasteiger partial charge in [0.15, 0.2) is 0 Å². The number of carbonyl (C=O) groups is 6. The third-order valence-corrected chi connectivity index (χ3v) is 15.4. The average molecular weight is 1510 g/mol. The van der Waals surface area contributed by atoms with E-state index in [-0.39, 0.29) is 55.6 Å². The van der Waals surface area contributed by atoms with Crippen molar-refractivity contribution in [3.8, 4) is 85.1 Å². The summed E-state index contributed by atoms with van der Waals surface area (Å²) in [5, 5.41) is 0. The number of hydrogen-bond donors (Lipinski definition) is 0. The van der Waals surface area contributed by atoms with Crippen molar-refractivity contribution in [3.05, 3.63) is 260 Å². The molecular weight excluding hydrogens is 1420 g/mol. The lowest BCUT2D eigenvalue weighted by molar-refractivity contribution is -0.149. The van der Waals surface area contributed by atoms with Gasteiger partial charge >= 0.3 is 35.8 Å². The van der Waals surface area contributed by atoms with E-state index >= 15 is 0 Å². The second-order valence-corrected chi connectivity index (χ2v) is 22.7. The van der Waals surface area contributed by atoms with Gasteiger partial charge in [0.05, 0.1) is 96.8 Å². The largest absolute Gasteiger partial charge is 0.497 e. The summed E-state index contributed by atoms with van der Waals surface area (Å²) in [5.41, 5.74) is 7.36. The topological polar surface area (TPSA) is 250 Å². The van der Waals surface area contributed by atoms with Crippen LogP contribution < -0.4 is 42.6 Å². The molecule has 0 aliphatic rings. The van der Waals surface area contributed by atoms with E-state index in [4.69, 9.17) is 75.8 Å². The van der Waals surface area contributed by atoms with Crippen LogP contribution in [0.25, 0.3) is 33.4 Å². The molecule has 0 N–H and O–H groups in total. The van der Waals surface area contributed by atoms with Crippen molar-refractivity contribution in [2.24, 2.45) is 5.92 Å². The lowest BCUT2D eigenvalue weighted by Gasteiger charge is -2.10. The molecule has 0 aliphatic carbocycles. The summed E-state index contributed by atoms with van der Waals surface area (Å²) in [7, 11) is 4.89. The number of rotatable bonds is 40. The fourth-order valence-corrected chi connectivity index (χ4v) is 9.27. The van der Waals surface area contributed by atoms with Crippen LogP contribution in [-0.2, 0) is 47.5 Å². The quantitative estimate of drug-likeness (QED) is 0.00864. The van der Waals surface area contributed by atoms with Gasteiger partial charge in [0, 0.05) is 12.2 Å². The van der Waals surface area contributed by atoms with Gasteiger partial charge in [0.25, 0.3) is 0 Å². The van der Waals surface area contributed by atoms with Crippen LogP contribution in [0.3, 0.4) is 0 Å². The van der Waals surface area contributed by atoms with Gasteiger partial charge in [-0.1, -0.05) is 107 Å². The zero-order valence-electron chi connectivity index (χ0n) is 61.2. The van der Waals surface area contributed by atoms with Gasteiger partial charge in [-0.15, -0.1) is 0 Å². The van der Waals surface area contributed by atoms with Gasteiger partial charge in [-0.2, -0.15) is 9.90 Å². The molecular formula is C86H95O22P. The lowest BCUT2D eigenvalue weighted by Crippen LogP contribution is -2.18. The lowest BCUT2D eigenvalue weighted by atomic mass is 10.1. The van der Waals surface area contributed by atoms with Crippen molar-refractivity contribution in [3.63, 3.8) is 0 Å². The standard InChI is InChI=1S/C31H36O8.C29H30O8.C25H22O6.CH4.H3P/c1-4-23(2)30(32)38-22-20-36-18-17-35-19-21-37-28-13-9-26(10-14-28)31(33)39-29-15-7-25(8-16-29)24-5-11-27(34-3)12-6-24;1-3-28(30)36-21-19-34-17-16-33-18-20-35-26-12-8-24(9-13-26)29(31)37-27-14-6-23(7-15-27)22-4-10-25(32-2)11-5-22;1-3-24(26)30-17-16-29-22-12-8-20(9-13-22)25(27)31-23-14-6-19(7-15-23)18-4-10-21(28-2)11-5-18;;/h5-16,23H,4,17-22H2,1-3H3;3-15H,1,16-21H2,2H3;3-15H,1,16-17H2,2H3;1H4;1H3. The van der Waals surface area contributed by atoms with E-state index in [9.17, 15) is 28.8 Å². The van der Waals surface area contributed by atoms with Crippen LogP contribution in [0.1, 0.15) is 58.8 Å². The highest BCUT2D eigenvalue weighted by molar-refractivity contribution is 6.92. The molecule has 0 heterocycles. The molecule has 0 spiro atoms. The Labute approximate surface area is 640 Å². The summed E-state index contributed by atoms with van der Waals surface area (Å²) in [6.07, 6.45) is 2.95. The molecule has 22 nitrogen and oxygen atoms in total. The molecule has 0 saturated carbocycles. The van der Waals surface area contributed by atoms with E-state index < -0.39 is 29.8 Å². The highest BCUT2D eigenvalue weighted by Gasteiger charge is 2.15. The maximum Gasteiger partial charge on any atom is 0.343 e. The fraction of sp³-hybridized carbons (Fsp3) is 0.256. The molecule has 9 aromatic carbocycles. The number of ether oxygens (including phenoxy) is 16. The highest BCUT2D eigenvalue weighted by atomic mass is 31.0. The fourth-order valence-electron chi connectivity index (χ4n) is 9.27. The molecule has 2 unspecified atom stereocenters. The van der Waals surface area contributed by atoms with Gasteiger partial charge in [0.2, 0.25) is 0 Å². The minimum Gasteiger partial charge on any atom is -0.497 e.